The molecule has 1 aromatic carbocycles. The molecule has 3 aromatic rings. The van der Waals surface area contributed by atoms with Gasteiger partial charge in [0.05, 0.1) is 6.20 Å². The number of hydrogen-bond donors (Lipinski definition) is 2. The van der Waals surface area contributed by atoms with Crippen molar-refractivity contribution in [3.8, 4) is 5.75 Å². The number of carbonyl (C=O) groups excluding carboxylic acids is 1. The fourth-order valence-electron chi connectivity index (χ4n) is 2.53. The monoisotopic (exact) mass is 393 g/mol. The number of fused-ring (bicyclic) bond motifs is 1. The van der Waals surface area contributed by atoms with Crippen LogP contribution in [0.4, 0.5) is 19.0 Å². The van der Waals surface area contributed by atoms with Gasteiger partial charge in [-0.3, -0.25) is 4.79 Å². The van der Waals surface area contributed by atoms with E-state index in [2.05, 4.69) is 25.5 Å². The number of nitrogens with zero attached hydrogens (tertiary/aromatic N) is 3. The summed E-state index contributed by atoms with van der Waals surface area (Å²) in [6.07, 6.45) is -1.76. The smallest absolute Gasteiger partial charge is 0.405 e. The zero-order chi connectivity index (χ0) is 20.3. The van der Waals surface area contributed by atoms with Gasteiger partial charge in [0.2, 0.25) is 0 Å². The molecular weight excluding hydrogens is 375 g/mol. The first-order valence-corrected chi connectivity index (χ1v) is 8.46. The Balaban J connectivity index is 1.80. The summed E-state index contributed by atoms with van der Waals surface area (Å²) in [6, 6.07) is 7.40. The van der Waals surface area contributed by atoms with Crippen molar-refractivity contribution in [1.82, 2.24) is 19.9 Å². The van der Waals surface area contributed by atoms with Crippen molar-refractivity contribution < 1.29 is 22.7 Å². The molecule has 10 heteroatoms. The lowest BCUT2D eigenvalue weighted by Gasteiger charge is -2.14. The largest absolute Gasteiger partial charge is 0.573 e. The third kappa shape index (κ3) is 4.70. The number of anilines is 1. The lowest BCUT2D eigenvalue weighted by atomic mass is 10.2. The fourth-order valence-corrected chi connectivity index (χ4v) is 2.53. The lowest BCUT2D eigenvalue weighted by Crippen LogP contribution is -2.30. The van der Waals surface area contributed by atoms with Crippen LogP contribution in [0, 0.1) is 0 Å². The van der Waals surface area contributed by atoms with Crippen LogP contribution in [0.25, 0.3) is 5.65 Å². The van der Waals surface area contributed by atoms with Gasteiger partial charge in [-0.05, 0) is 26.0 Å². The van der Waals surface area contributed by atoms with E-state index in [4.69, 9.17) is 0 Å². The van der Waals surface area contributed by atoms with Crippen LogP contribution >= 0.6 is 0 Å². The van der Waals surface area contributed by atoms with E-state index < -0.39 is 6.36 Å². The minimum atomic E-state index is -4.77. The molecule has 148 valence electrons. The Bertz CT molecular complexity index is 985. The lowest BCUT2D eigenvalue weighted by molar-refractivity contribution is -0.274. The third-order valence-electron chi connectivity index (χ3n) is 3.69. The van der Waals surface area contributed by atoms with Crippen molar-refractivity contribution in [2.75, 3.05) is 5.32 Å². The quantitative estimate of drug-likeness (QED) is 0.671. The molecule has 0 aliphatic heterocycles. The van der Waals surface area contributed by atoms with Gasteiger partial charge < -0.3 is 15.4 Å². The highest BCUT2D eigenvalue weighted by Crippen LogP contribution is 2.26. The van der Waals surface area contributed by atoms with Gasteiger partial charge in [-0.25, -0.2) is 9.50 Å². The normalized spacial score (nSPS) is 11.6. The van der Waals surface area contributed by atoms with Gasteiger partial charge in [-0.15, -0.1) is 13.2 Å². The van der Waals surface area contributed by atoms with E-state index in [9.17, 15) is 18.0 Å². The van der Waals surface area contributed by atoms with Crippen molar-refractivity contribution >= 4 is 17.4 Å². The minimum Gasteiger partial charge on any atom is -0.405 e. The average Bonchev–Trinajstić information content (AvgIpc) is 3.02. The summed E-state index contributed by atoms with van der Waals surface area (Å²) < 4.78 is 43.1. The number of para-hydroxylation sites is 1. The molecule has 28 heavy (non-hydrogen) atoms. The first-order chi connectivity index (χ1) is 13.2. The van der Waals surface area contributed by atoms with Crippen molar-refractivity contribution in [3.05, 3.63) is 53.9 Å². The SMILES string of the molecule is CC(C)NC(=O)c1cnn2ccc(NCc3ccccc3OC(F)(F)F)nc12. The van der Waals surface area contributed by atoms with Crippen LogP contribution in [-0.4, -0.2) is 32.9 Å². The van der Waals surface area contributed by atoms with E-state index in [1.54, 1.807) is 18.3 Å². The van der Waals surface area contributed by atoms with Crippen LogP contribution in [0.3, 0.4) is 0 Å². The Labute approximate surface area is 158 Å². The maximum absolute atomic E-state index is 12.5. The number of nitrogens with one attached hydrogen (secondary N) is 2. The molecule has 2 N–H and O–H groups in total. The van der Waals surface area contributed by atoms with Gasteiger partial charge in [0.1, 0.15) is 17.1 Å². The molecule has 7 nitrogen and oxygen atoms in total. The van der Waals surface area contributed by atoms with Gasteiger partial charge in [0, 0.05) is 24.3 Å². The topological polar surface area (TPSA) is 80.6 Å². The maximum atomic E-state index is 12.5. The molecule has 0 fully saturated rings. The summed E-state index contributed by atoms with van der Waals surface area (Å²) in [6.45, 7) is 3.73. The van der Waals surface area contributed by atoms with Crippen molar-refractivity contribution in [2.24, 2.45) is 0 Å². The first kappa shape index (κ1) is 19.5. The van der Waals surface area contributed by atoms with E-state index in [0.717, 1.165) is 0 Å². The summed E-state index contributed by atoms with van der Waals surface area (Å²) in [7, 11) is 0. The van der Waals surface area contributed by atoms with Crippen molar-refractivity contribution in [3.63, 3.8) is 0 Å². The molecule has 0 bridgehead atoms. The predicted molar refractivity (Wildman–Crippen MR) is 96.0 cm³/mol. The summed E-state index contributed by atoms with van der Waals surface area (Å²) in [5.74, 6) is -0.211. The fraction of sp³-hybridized carbons (Fsp3) is 0.278. The minimum absolute atomic E-state index is 0.0473. The molecule has 0 spiro atoms. The van der Waals surface area contributed by atoms with Crippen molar-refractivity contribution in [2.45, 2.75) is 32.8 Å². The number of alkyl halides is 3. The number of rotatable bonds is 6. The molecule has 0 radical (unpaired) electrons. The molecule has 3 rings (SSSR count). The van der Waals surface area contributed by atoms with E-state index in [1.165, 1.54) is 28.9 Å². The highest BCUT2D eigenvalue weighted by atomic mass is 19.4. The molecule has 2 aromatic heterocycles. The summed E-state index contributed by atoms with van der Waals surface area (Å²) in [5, 5.41) is 9.79. The van der Waals surface area contributed by atoms with Crippen LogP contribution in [0.15, 0.2) is 42.7 Å². The van der Waals surface area contributed by atoms with Gasteiger partial charge in [-0.1, -0.05) is 18.2 Å². The highest BCUT2D eigenvalue weighted by molar-refractivity contribution is 5.99. The van der Waals surface area contributed by atoms with Crippen LogP contribution in [0.5, 0.6) is 5.75 Å². The van der Waals surface area contributed by atoms with E-state index in [-0.39, 0.29) is 24.2 Å². The first-order valence-electron chi connectivity index (χ1n) is 8.46. The van der Waals surface area contributed by atoms with Gasteiger partial charge >= 0.3 is 6.36 Å². The molecule has 0 saturated heterocycles. The van der Waals surface area contributed by atoms with E-state index in [0.29, 0.717) is 22.6 Å². The Morgan fingerprint density at radius 2 is 2.00 bits per heavy atom. The van der Waals surface area contributed by atoms with Crippen molar-refractivity contribution in [1.29, 1.82) is 0 Å². The van der Waals surface area contributed by atoms with Gasteiger partial charge in [0.25, 0.3) is 5.91 Å². The number of aromatic nitrogens is 3. The van der Waals surface area contributed by atoms with Crippen LogP contribution < -0.4 is 15.4 Å². The predicted octanol–water partition coefficient (Wildman–Crippen LogP) is 3.38. The van der Waals surface area contributed by atoms with Gasteiger partial charge in [-0.2, -0.15) is 5.10 Å². The van der Waals surface area contributed by atoms with E-state index >= 15 is 0 Å². The average molecular weight is 393 g/mol. The molecular formula is C18H18F3N5O2. The number of amides is 1. The Morgan fingerprint density at radius 3 is 2.71 bits per heavy atom. The Hall–Kier alpha value is -3.30. The Morgan fingerprint density at radius 1 is 1.25 bits per heavy atom. The molecule has 2 heterocycles. The second-order valence-corrected chi connectivity index (χ2v) is 6.28. The van der Waals surface area contributed by atoms with Crippen LogP contribution in [0.1, 0.15) is 29.8 Å². The number of halogens is 3. The molecule has 0 unspecified atom stereocenters. The maximum Gasteiger partial charge on any atom is 0.573 e. The van der Waals surface area contributed by atoms with Gasteiger partial charge in [0.15, 0.2) is 5.65 Å². The number of benzene rings is 1. The van der Waals surface area contributed by atoms with Crippen LogP contribution in [0.2, 0.25) is 0 Å². The molecule has 1 amide bonds. The Kier molecular flexibility index (Phi) is 5.39. The number of hydrogen-bond acceptors (Lipinski definition) is 5. The molecule has 0 aliphatic carbocycles. The standard InChI is InChI=1S/C18H18F3N5O2/c1-11(2)24-17(27)13-10-23-26-8-7-15(25-16(13)26)22-9-12-5-3-4-6-14(12)28-18(19,20)21/h3-8,10-11H,9H2,1-2H3,(H,22,25)(H,24,27). The number of carbonyl (C=O) groups is 1. The second kappa shape index (κ2) is 7.75. The van der Waals surface area contributed by atoms with Crippen LogP contribution in [-0.2, 0) is 6.54 Å². The summed E-state index contributed by atoms with van der Waals surface area (Å²) in [4.78, 5) is 16.6. The molecule has 0 atom stereocenters. The zero-order valence-electron chi connectivity index (χ0n) is 15.1. The van der Waals surface area contributed by atoms with E-state index in [1.807, 2.05) is 13.8 Å². The molecule has 0 aliphatic rings. The zero-order valence-corrected chi connectivity index (χ0v) is 15.1. The molecule has 0 saturated carbocycles. The highest BCUT2D eigenvalue weighted by Gasteiger charge is 2.31. The third-order valence-corrected chi connectivity index (χ3v) is 3.69. The summed E-state index contributed by atoms with van der Waals surface area (Å²) in [5.41, 5.74) is 0.953. The second-order valence-electron chi connectivity index (χ2n) is 6.28. The summed E-state index contributed by atoms with van der Waals surface area (Å²) >= 11 is 0. The number of ether oxygens (including phenoxy) is 1.